The van der Waals surface area contributed by atoms with Gasteiger partial charge in [-0.2, -0.15) is 0 Å². The number of nitrogens with zero attached hydrogens (tertiary/aromatic N) is 2. The average molecular weight is 411 g/mol. The highest BCUT2D eigenvalue weighted by Gasteiger charge is 2.20. The van der Waals surface area contributed by atoms with Crippen LogP contribution in [-0.2, 0) is 16.1 Å². The standard InChI is InChI=1S/C21H34N2O6/c1-4-28-21(26)14-22(2)12-16-11-19(27-3)5-6-20(16)29-15-18(25)13-23-9-7-17(24)8-10-23/h5-6,11,17-18,24-25H,4,7-10,12-15H2,1-3H3. The second-order valence-electron chi connectivity index (χ2n) is 7.45. The maximum Gasteiger partial charge on any atom is 0.320 e. The van der Waals surface area contributed by atoms with Crippen molar-refractivity contribution in [2.75, 3.05) is 53.6 Å². The molecule has 0 bridgehead atoms. The zero-order valence-electron chi connectivity index (χ0n) is 17.7. The zero-order valence-corrected chi connectivity index (χ0v) is 17.7. The van der Waals surface area contributed by atoms with E-state index in [1.165, 1.54) is 0 Å². The van der Waals surface area contributed by atoms with Gasteiger partial charge in [0.1, 0.15) is 24.2 Å². The number of aliphatic hydroxyl groups is 2. The molecule has 1 aliphatic rings. The Kier molecular flexibility index (Phi) is 9.66. The van der Waals surface area contributed by atoms with E-state index in [2.05, 4.69) is 4.90 Å². The Hall–Kier alpha value is -1.87. The van der Waals surface area contributed by atoms with E-state index in [0.29, 0.717) is 31.2 Å². The van der Waals surface area contributed by atoms with E-state index in [4.69, 9.17) is 14.2 Å². The summed E-state index contributed by atoms with van der Waals surface area (Å²) < 4.78 is 16.2. The minimum absolute atomic E-state index is 0.167. The van der Waals surface area contributed by atoms with Crippen molar-refractivity contribution in [1.82, 2.24) is 9.80 Å². The Balaban J connectivity index is 1.92. The quantitative estimate of drug-likeness (QED) is 0.520. The lowest BCUT2D eigenvalue weighted by atomic mass is 10.1. The number of esters is 1. The molecule has 0 radical (unpaired) electrons. The number of carbonyl (C=O) groups excluding carboxylic acids is 1. The number of likely N-dealkylation sites (N-methyl/N-ethyl adjacent to an activating group) is 1. The van der Waals surface area contributed by atoms with E-state index in [9.17, 15) is 15.0 Å². The largest absolute Gasteiger partial charge is 0.497 e. The summed E-state index contributed by atoms with van der Waals surface area (Å²) in [5, 5.41) is 19.9. The first-order valence-corrected chi connectivity index (χ1v) is 10.1. The third kappa shape index (κ3) is 8.18. The van der Waals surface area contributed by atoms with Gasteiger partial charge in [0, 0.05) is 31.7 Å². The molecule has 1 saturated heterocycles. The van der Waals surface area contributed by atoms with E-state index < -0.39 is 6.10 Å². The van der Waals surface area contributed by atoms with Gasteiger partial charge in [0.25, 0.3) is 0 Å². The number of β-amino-alcohol motifs (C(OH)–C–C–N with tert-alkyl or cyclic N) is 1. The fraction of sp³-hybridized carbons (Fsp3) is 0.667. The lowest BCUT2D eigenvalue weighted by Crippen LogP contribution is -2.41. The van der Waals surface area contributed by atoms with Crippen LogP contribution >= 0.6 is 0 Å². The molecule has 1 aliphatic heterocycles. The maximum atomic E-state index is 11.7. The average Bonchev–Trinajstić information content (AvgIpc) is 2.68. The lowest BCUT2D eigenvalue weighted by Gasteiger charge is -2.31. The third-order valence-electron chi connectivity index (χ3n) is 4.87. The summed E-state index contributed by atoms with van der Waals surface area (Å²) in [6.07, 6.45) is 0.622. The number of aliphatic hydroxyl groups excluding tert-OH is 2. The number of piperidine rings is 1. The number of hydrogen-bond acceptors (Lipinski definition) is 8. The first kappa shape index (κ1) is 23.4. The van der Waals surface area contributed by atoms with Gasteiger partial charge >= 0.3 is 5.97 Å². The summed E-state index contributed by atoms with van der Waals surface area (Å²) in [5.41, 5.74) is 0.865. The molecule has 0 spiro atoms. The number of hydrogen-bond donors (Lipinski definition) is 2. The molecule has 8 heteroatoms. The van der Waals surface area contributed by atoms with Crippen LogP contribution in [0.25, 0.3) is 0 Å². The maximum absolute atomic E-state index is 11.7. The molecule has 2 rings (SSSR count). The van der Waals surface area contributed by atoms with Crippen LogP contribution in [0.5, 0.6) is 11.5 Å². The smallest absolute Gasteiger partial charge is 0.320 e. The van der Waals surface area contributed by atoms with E-state index in [0.717, 1.165) is 31.5 Å². The molecule has 0 amide bonds. The second kappa shape index (κ2) is 12.0. The van der Waals surface area contributed by atoms with Crippen LogP contribution in [0.2, 0.25) is 0 Å². The van der Waals surface area contributed by atoms with Crippen LogP contribution < -0.4 is 9.47 Å². The van der Waals surface area contributed by atoms with Crippen molar-refractivity contribution in [3.05, 3.63) is 23.8 Å². The fourth-order valence-corrected chi connectivity index (χ4v) is 3.36. The summed E-state index contributed by atoms with van der Waals surface area (Å²) in [7, 11) is 3.43. The number of rotatable bonds is 11. The number of carbonyl (C=O) groups is 1. The van der Waals surface area contributed by atoms with Crippen LogP contribution in [0.15, 0.2) is 18.2 Å². The third-order valence-corrected chi connectivity index (χ3v) is 4.87. The molecule has 1 fully saturated rings. The van der Waals surface area contributed by atoms with E-state index in [1.54, 1.807) is 14.0 Å². The highest BCUT2D eigenvalue weighted by atomic mass is 16.5. The Morgan fingerprint density at radius 3 is 2.72 bits per heavy atom. The van der Waals surface area contributed by atoms with E-state index in [-0.39, 0.29) is 25.2 Å². The summed E-state index contributed by atoms with van der Waals surface area (Å²) >= 11 is 0. The van der Waals surface area contributed by atoms with Gasteiger partial charge in [-0.15, -0.1) is 0 Å². The molecule has 1 heterocycles. The zero-order chi connectivity index (χ0) is 21.2. The lowest BCUT2D eigenvalue weighted by molar-refractivity contribution is -0.144. The number of benzene rings is 1. The van der Waals surface area contributed by atoms with Crippen LogP contribution in [0, 0.1) is 0 Å². The summed E-state index contributed by atoms with van der Waals surface area (Å²) in [4.78, 5) is 15.7. The first-order chi connectivity index (χ1) is 13.9. The van der Waals surface area contributed by atoms with Crippen molar-refractivity contribution in [2.24, 2.45) is 0 Å². The van der Waals surface area contributed by atoms with Crippen LogP contribution in [0.4, 0.5) is 0 Å². The van der Waals surface area contributed by atoms with Gasteiger partial charge in [-0.1, -0.05) is 0 Å². The van der Waals surface area contributed by atoms with Crippen molar-refractivity contribution in [1.29, 1.82) is 0 Å². The van der Waals surface area contributed by atoms with Crippen molar-refractivity contribution in [3.8, 4) is 11.5 Å². The summed E-state index contributed by atoms with van der Waals surface area (Å²) in [6, 6.07) is 5.49. The Morgan fingerprint density at radius 2 is 2.07 bits per heavy atom. The minimum atomic E-state index is -0.627. The Labute approximate surface area is 173 Å². The van der Waals surface area contributed by atoms with E-state index >= 15 is 0 Å². The molecule has 164 valence electrons. The van der Waals surface area contributed by atoms with Gasteiger partial charge in [-0.05, 0) is 45.0 Å². The molecule has 0 saturated carbocycles. The predicted octanol–water partition coefficient (Wildman–Crippen LogP) is 0.887. The molecule has 1 unspecified atom stereocenters. The number of methoxy groups -OCH3 is 1. The van der Waals surface area contributed by atoms with Gasteiger partial charge < -0.3 is 29.3 Å². The molecule has 8 nitrogen and oxygen atoms in total. The van der Waals surface area contributed by atoms with Gasteiger partial charge in [-0.25, -0.2) is 0 Å². The molecule has 1 aromatic rings. The highest BCUT2D eigenvalue weighted by Crippen LogP contribution is 2.25. The SMILES string of the molecule is CCOC(=O)CN(C)Cc1cc(OC)ccc1OCC(O)CN1CCC(O)CC1. The fourth-order valence-electron chi connectivity index (χ4n) is 3.36. The Bertz CT molecular complexity index is 634. The molecule has 0 aromatic heterocycles. The number of likely N-dealkylation sites (tertiary alicyclic amines) is 1. The van der Waals surface area contributed by atoms with Crippen molar-refractivity contribution in [2.45, 2.75) is 38.5 Å². The minimum Gasteiger partial charge on any atom is -0.497 e. The molecule has 1 atom stereocenters. The van der Waals surface area contributed by atoms with Crippen LogP contribution in [0.1, 0.15) is 25.3 Å². The number of ether oxygens (including phenoxy) is 3. The van der Waals surface area contributed by atoms with E-state index in [1.807, 2.05) is 30.1 Å². The topological polar surface area (TPSA) is 91.7 Å². The predicted molar refractivity (Wildman–Crippen MR) is 109 cm³/mol. The van der Waals surface area contributed by atoms with Crippen LogP contribution in [0.3, 0.4) is 0 Å². The molecule has 1 aromatic carbocycles. The van der Waals surface area contributed by atoms with Gasteiger partial charge in [0.2, 0.25) is 0 Å². The molecule has 2 N–H and O–H groups in total. The van der Waals surface area contributed by atoms with Crippen molar-refractivity contribution < 1.29 is 29.2 Å². The monoisotopic (exact) mass is 410 g/mol. The molecular weight excluding hydrogens is 376 g/mol. The highest BCUT2D eigenvalue weighted by molar-refractivity contribution is 5.71. The Morgan fingerprint density at radius 1 is 1.34 bits per heavy atom. The molecule has 29 heavy (non-hydrogen) atoms. The normalized spacial score (nSPS) is 16.6. The summed E-state index contributed by atoms with van der Waals surface area (Å²) in [6.45, 7) is 5.03. The van der Waals surface area contributed by atoms with Crippen molar-refractivity contribution in [3.63, 3.8) is 0 Å². The molecule has 0 aliphatic carbocycles. The van der Waals surface area contributed by atoms with Gasteiger partial charge in [-0.3, -0.25) is 9.69 Å². The summed E-state index contributed by atoms with van der Waals surface area (Å²) in [5.74, 6) is 1.07. The van der Waals surface area contributed by atoms with Gasteiger partial charge in [0.05, 0.1) is 26.4 Å². The molecular formula is C21H34N2O6. The first-order valence-electron chi connectivity index (χ1n) is 10.1. The second-order valence-corrected chi connectivity index (χ2v) is 7.45. The van der Waals surface area contributed by atoms with Gasteiger partial charge in [0.15, 0.2) is 0 Å². The van der Waals surface area contributed by atoms with Crippen molar-refractivity contribution >= 4 is 5.97 Å². The van der Waals surface area contributed by atoms with Crippen LogP contribution in [-0.4, -0.2) is 91.7 Å².